The lowest BCUT2D eigenvalue weighted by molar-refractivity contribution is 0.174. The van der Waals surface area contributed by atoms with Crippen molar-refractivity contribution in [3.63, 3.8) is 0 Å². The summed E-state index contributed by atoms with van der Waals surface area (Å²) in [6, 6.07) is 15.1. The van der Waals surface area contributed by atoms with Crippen molar-refractivity contribution >= 4 is 17.4 Å². The van der Waals surface area contributed by atoms with E-state index in [1.165, 1.54) is 0 Å². The third-order valence-electron chi connectivity index (χ3n) is 4.34. The average Bonchev–Trinajstić information content (AvgIpc) is 3.10. The lowest BCUT2D eigenvalue weighted by atomic mass is 9.92. The number of rotatable bonds is 2. The second-order valence-corrected chi connectivity index (χ2v) is 6.35. The zero-order valence-electron chi connectivity index (χ0n) is 13.9. The molecule has 4 rings (SSSR count). The van der Waals surface area contributed by atoms with Gasteiger partial charge in [0.2, 0.25) is 6.79 Å². The van der Waals surface area contributed by atoms with E-state index >= 15 is 0 Å². The quantitative estimate of drug-likeness (QED) is 0.721. The molecule has 6 heteroatoms. The van der Waals surface area contributed by atoms with Crippen LogP contribution in [0.15, 0.2) is 42.5 Å². The van der Waals surface area contributed by atoms with Crippen molar-refractivity contribution in [3.8, 4) is 40.0 Å². The molecule has 26 heavy (non-hydrogen) atoms. The van der Waals surface area contributed by atoms with Crippen LogP contribution in [0.4, 0.5) is 5.82 Å². The molecule has 2 aromatic carbocycles. The molecule has 2 N–H and O–H groups in total. The van der Waals surface area contributed by atoms with Gasteiger partial charge in [-0.05, 0) is 42.3 Å². The minimum Gasteiger partial charge on any atom is -0.454 e. The van der Waals surface area contributed by atoms with E-state index in [9.17, 15) is 5.26 Å². The third kappa shape index (κ3) is 2.61. The van der Waals surface area contributed by atoms with Gasteiger partial charge in [0.1, 0.15) is 17.5 Å². The highest BCUT2D eigenvalue weighted by Crippen LogP contribution is 2.41. The Bertz CT molecular complexity index is 1070. The molecule has 0 atom stereocenters. The number of nitrogens with zero attached hydrogens (tertiary/aromatic N) is 2. The van der Waals surface area contributed by atoms with Gasteiger partial charge < -0.3 is 15.2 Å². The number of nitrogen functional groups attached to an aromatic ring is 1. The van der Waals surface area contributed by atoms with Crippen molar-refractivity contribution in [1.29, 1.82) is 5.26 Å². The second kappa shape index (κ2) is 6.25. The largest absolute Gasteiger partial charge is 0.454 e. The molecule has 0 aliphatic carbocycles. The molecule has 1 aromatic heterocycles. The van der Waals surface area contributed by atoms with Gasteiger partial charge in [-0.2, -0.15) is 5.26 Å². The van der Waals surface area contributed by atoms with Gasteiger partial charge in [-0.25, -0.2) is 4.98 Å². The van der Waals surface area contributed by atoms with Crippen LogP contribution in [-0.2, 0) is 0 Å². The molecule has 128 valence electrons. The van der Waals surface area contributed by atoms with E-state index in [4.69, 9.17) is 26.8 Å². The van der Waals surface area contributed by atoms with E-state index in [0.717, 1.165) is 22.3 Å². The summed E-state index contributed by atoms with van der Waals surface area (Å²) in [5, 5.41) is 10.2. The molecule has 1 aliphatic rings. The highest BCUT2D eigenvalue weighted by molar-refractivity contribution is 6.30. The summed E-state index contributed by atoms with van der Waals surface area (Å²) < 4.78 is 10.8. The number of halogens is 1. The number of ether oxygens (including phenoxy) is 2. The molecule has 0 amide bonds. The minimum atomic E-state index is 0.181. The van der Waals surface area contributed by atoms with Crippen LogP contribution in [0, 0.1) is 18.3 Å². The fourth-order valence-electron chi connectivity index (χ4n) is 3.14. The van der Waals surface area contributed by atoms with Gasteiger partial charge in [0.05, 0.1) is 5.69 Å². The number of hydrogen-bond donors (Lipinski definition) is 1. The van der Waals surface area contributed by atoms with Crippen molar-refractivity contribution in [2.75, 3.05) is 12.5 Å². The van der Waals surface area contributed by atoms with Gasteiger partial charge >= 0.3 is 0 Å². The van der Waals surface area contributed by atoms with E-state index in [1.807, 2.05) is 43.3 Å². The Balaban J connectivity index is 1.98. The van der Waals surface area contributed by atoms with Crippen molar-refractivity contribution in [1.82, 2.24) is 4.98 Å². The van der Waals surface area contributed by atoms with E-state index < -0.39 is 0 Å². The van der Waals surface area contributed by atoms with Crippen LogP contribution < -0.4 is 15.2 Å². The topological polar surface area (TPSA) is 81.2 Å². The molecule has 0 fully saturated rings. The summed E-state index contributed by atoms with van der Waals surface area (Å²) in [5.74, 6) is 1.51. The minimum absolute atomic E-state index is 0.181. The Labute approximate surface area is 155 Å². The lowest BCUT2D eigenvalue weighted by Gasteiger charge is -2.15. The normalized spacial score (nSPS) is 12.0. The number of fused-ring (bicyclic) bond motifs is 1. The van der Waals surface area contributed by atoms with E-state index in [-0.39, 0.29) is 12.6 Å². The molecule has 0 bridgehead atoms. The zero-order valence-corrected chi connectivity index (χ0v) is 14.7. The molecular weight excluding hydrogens is 350 g/mol. The van der Waals surface area contributed by atoms with Gasteiger partial charge in [-0.15, -0.1) is 0 Å². The van der Waals surface area contributed by atoms with Crippen LogP contribution in [0.25, 0.3) is 22.4 Å². The number of nitriles is 1. The summed E-state index contributed by atoms with van der Waals surface area (Å²) in [4.78, 5) is 4.45. The van der Waals surface area contributed by atoms with Gasteiger partial charge in [-0.1, -0.05) is 29.8 Å². The predicted molar refractivity (Wildman–Crippen MR) is 100 cm³/mol. The smallest absolute Gasteiger partial charge is 0.231 e. The molecule has 0 spiro atoms. The zero-order chi connectivity index (χ0) is 18.3. The van der Waals surface area contributed by atoms with Gasteiger partial charge in [0, 0.05) is 16.1 Å². The fraction of sp³-hybridized carbons (Fsp3) is 0.100. The molecule has 0 saturated carbocycles. The SMILES string of the molecule is Cc1c(-c2cccc(Cl)c2)nc(N)c(C#N)c1-c1ccc2c(c1)OCO2. The van der Waals surface area contributed by atoms with E-state index in [0.29, 0.717) is 27.8 Å². The van der Waals surface area contributed by atoms with Crippen molar-refractivity contribution in [2.45, 2.75) is 6.92 Å². The van der Waals surface area contributed by atoms with Crippen LogP contribution in [0.5, 0.6) is 11.5 Å². The molecule has 0 unspecified atom stereocenters. The van der Waals surface area contributed by atoms with E-state index in [2.05, 4.69) is 11.1 Å². The third-order valence-corrected chi connectivity index (χ3v) is 4.57. The predicted octanol–water partition coefficient (Wildman–Crippen LogP) is 4.56. The molecule has 0 saturated heterocycles. The first-order chi connectivity index (χ1) is 12.6. The van der Waals surface area contributed by atoms with Crippen LogP contribution in [0.2, 0.25) is 5.02 Å². The van der Waals surface area contributed by atoms with Crippen molar-refractivity contribution in [3.05, 3.63) is 58.6 Å². The maximum Gasteiger partial charge on any atom is 0.231 e. The fourth-order valence-corrected chi connectivity index (χ4v) is 3.33. The Kier molecular flexibility index (Phi) is 3.90. The summed E-state index contributed by atoms with van der Waals surface area (Å²) in [6.45, 7) is 2.11. The van der Waals surface area contributed by atoms with Crippen LogP contribution in [-0.4, -0.2) is 11.8 Å². The van der Waals surface area contributed by atoms with Crippen molar-refractivity contribution in [2.24, 2.45) is 0 Å². The average molecular weight is 364 g/mol. The first-order valence-corrected chi connectivity index (χ1v) is 8.32. The first kappa shape index (κ1) is 16.2. The standard InChI is InChI=1S/C20H14ClN3O2/c1-11-18(12-5-6-16-17(8-12)26-10-25-16)15(9-22)20(23)24-19(11)13-3-2-4-14(21)7-13/h2-8H,10H2,1H3,(H2,23,24). The Morgan fingerprint density at radius 2 is 1.92 bits per heavy atom. The molecule has 1 aliphatic heterocycles. The van der Waals surface area contributed by atoms with Crippen LogP contribution in [0.1, 0.15) is 11.1 Å². The Hall–Kier alpha value is -3.23. The number of hydrogen-bond acceptors (Lipinski definition) is 5. The molecular formula is C20H14ClN3O2. The Morgan fingerprint density at radius 3 is 2.69 bits per heavy atom. The highest BCUT2D eigenvalue weighted by Gasteiger charge is 2.21. The van der Waals surface area contributed by atoms with Gasteiger partial charge in [-0.3, -0.25) is 0 Å². The monoisotopic (exact) mass is 363 g/mol. The molecule has 2 heterocycles. The maximum atomic E-state index is 9.64. The number of anilines is 1. The summed E-state index contributed by atoms with van der Waals surface area (Å²) in [7, 11) is 0. The number of pyridine rings is 1. The lowest BCUT2D eigenvalue weighted by Crippen LogP contribution is -2.03. The van der Waals surface area contributed by atoms with E-state index in [1.54, 1.807) is 6.07 Å². The van der Waals surface area contributed by atoms with Crippen LogP contribution >= 0.6 is 11.6 Å². The second-order valence-electron chi connectivity index (χ2n) is 5.91. The number of benzene rings is 2. The van der Waals surface area contributed by atoms with Gasteiger partial charge in [0.25, 0.3) is 0 Å². The first-order valence-electron chi connectivity index (χ1n) is 7.94. The summed E-state index contributed by atoms with van der Waals surface area (Å²) in [5.41, 5.74) is 10.4. The van der Waals surface area contributed by atoms with Crippen LogP contribution in [0.3, 0.4) is 0 Å². The molecule has 5 nitrogen and oxygen atoms in total. The number of nitrogens with two attached hydrogens (primary N) is 1. The Morgan fingerprint density at radius 1 is 1.12 bits per heavy atom. The summed E-state index contributed by atoms with van der Waals surface area (Å²) in [6.07, 6.45) is 0. The highest BCUT2D eigenvalue weighted by atomic mass is 35.5. The molecule has 0 radical (unpaired) electrons. The summed E-state index contributed by atoms with van der Waals surface area (Å²) >= 11 is 6.12. The maximum absolute atomic E-state index is 9.64. The molecule has 3 aromatic rings. The van der Waals surface area contributed by atoms with Gasteiger partial charge in [0.15, 0.2) is 11.5 Å². The number of aromatic nitrogens is 1. The van der Waals surface area contributed by atoms with Crippen molar-refractivity contribution < 1.29 is 9.47 Å².